The molecule has 4 rings (SSSR count). The topological polar surface area (TPSA) is 105 Å². The van der Waals surface area contributed by atoms with Gasteiger partial charge in [-0.05, 0) is 17.7 Å². The molecule has 2 N–H and O–H groups in total. The van der Waals surface area contributed by atoms with Crippen molar-refractivity contribution in [3.8, 4) is 0 Å². The number of benzene rings is 1. The summed E-state index contributed by atoms with van der Waals surface area (Å²) in [4.78, 5) is 26.6. The Morgan fingerprint density at radius 1 is 1.12 bits per heavy atom. The number of piperazine rings is 1. The first-order valence-electron chi connectivity index (χ1n) is 10.7. The third kappa shape index (κ3) is 5.30. The Morgan fingerprint density at radius 2 is 1.78 bits per heavy atom. The summed E-state index contributed by atoms with van der Waals surface area (Å²) in [6, 6.07) is 11.6. The molecule has 0 saturated carbocycles. The van der Waals surface area contributed by atoms with E-state index >= 15 is 0 Å². The molecule has 9 heteroatoms. The number of amidine groups is 1. The number of nitrogens with zero attached hydrogens (tertiary/aromatic N) is 5. The van der Waals surface area contributed by atoms with Crippen LogP contribution in [0.5, 0.6) is 0 Å². The molecule has 0 amide bonds. The van der Waals surface area contributed by atoms with E-state index in [1.165, 1.54) is 0 Å². The van der Waals surface area contributed by atoms with Crippen molar-refractivity contribution in [3.63, 3.8) is 0 Å². The van der Waals surface area contributed by atoms with Crippen molar-refractivity contribution in [1.29, 1.82) is 5.41 Å². The van der Waals surface area contributed by atoms with Gasteiger partial charge in [0, 0.05) is 69.8 Å². The van der Waals surface area contributed by atoms with Crippen molar-refractivity contribution < 1.29 is 14.7 Å². The summed E-state index contributed by atoms with van der Waals surface area (Å²) in [5.74, 6) is -0.368. The second-order valence-corrected chi connectivity index (χ2v) is 8.13. The molecule has 32 heavy (non-hydrogen) atoms. The van der Waals surface area contributed by atoms with E-state index in [-0.39, 0.29) is 12.6 Å². The third-order valence-corrected chi connectivity index (χ3v) is 5.90. The van der Waals surface area contributed by atoms with Crippen molar-refractivity contribution in [2.24, 2.45) is 5.16 Å². The van der Waals surface area contributed by atoms with E-state index in [0.717, 1.165) is 61.7 Å². The van der Waals surface area contributed by atoms with Crippen LogP contribution in [0.25, 0.3) is 0 Å². The van der Waals surface area contributed by atoms with Crippen LogP contribution in [0.4, 0.5) is 5.69 Å². The minimum Gasteiger partial charge on any atom is -0.480 e. The molecule has 1 unspecified atom stereocenters. The lowest BCUT2D eigenvalue weighted by Gasteiger charge is -2.34. The van der Waals surface area contributed by atoms with Gasteiger partial charge in [0.25, 0.3) is 0 Å². The molecule has 3 heterocycles. The molecule has 2 aliphatic heterocycles. The Balaban J connectivity index is 1.28. The van der Waals surface area contributed by atoms with Crippen LogP contribution in [0.1, 0.15) is 17.5 Å². The molecule has 1 aromatic heterocycles. The van der Waals surface area contributed by atoms with E-state index in [1.54, 1.807) is 12.4 Å². The minimum absolute atomic E-state index is 0.00632. The average molecular weight is 437 g/mol. The zero-order valence-electron chi connectivity index (χ0n) is 18.1. The fourth-order valence-electron chi connectivity index (χ4n) is 4.02. The number of pyridine rings is 1. The number of carboxylic acid groups (broad SMARTS) is 1. The Labute approximate surface area is 187 Å². The van der Waals surface area contributed by atoms with E-state index in [9.17, 15) is 4.79 Å². The maximum atomic E-state index is 10.8. The van der Waals surface area contributed by atoms with E-state index in [4.69, 9.17) is 15.4 Å². The van der Waals surface area contributed by atoms with Gasteiger partial charge in [0.2, 0.25) is 0 Å². The predicted molar refractivity (Wildman–Crippen MR) is 122 cm³/mol. The van der Waals surface area contributed by atoms with Gasteiger partial charge >= 0.3 is 5.97 Å². The number of anilines is 1. The summed E-state index contributed by atoms with van der Waals surface area (Å²) in [6.45, 7) is 4.08. The lowest BCUT2D eigenvalue weighted by atomic mass is 10.0. The minimum atomic E-state index is -0.777. The van der Waals surface area contributed by atoms with Crippen molar-refractivity contribution in [3.05, 3.63) is 59.9 Å². The Morgan fingerprint density at radius 3 is 2.44 bits per heavy atom. The van der Waals surface area contributed by atoms with Crippen LogP contribution in [-0.2, 0) is 9.63 Å². The first-order chi connectivity index (χ1) is 15.5. The summed E-state index contributed by atoms with van der Waals surface area (Å²) in [5.41, 5.74) is 3.65. The smallest absolute Gasteiger partial charge is 0.317 e. The molecule has 1 fully saturated rings. The molecule has 1 saturated heterocycles. The highest BCUT2D eigenvalue weighted by Crippen LogP contribution is 2.20. The molecule has 2 aliphatic rings. The summed E-state index contributed by atoms with van der Waals surface area (Å²) in [7, 11) is 1.87. The number of carbonyl (C=O) groups is 1. The van der Waals surface area contributed by atoms with Gasteiger partial charge in [-0.2, -0.15) is 0 Å². The molecule has 0 bridgehead atoms. The van der Waals surface area contributed by atoms with Crippen molar-refractivity contribution in [2.75, 3.05) is 51.2 Å². The zero-order valence-corrected chi connectivity index (χ0v) is 18.1. The van der Waals surface area contributed by atoms with Gasteiger partial charge in [0.1, 0.15) is 11.9 Å². The monoisotopic (exact) mass is 436 g/mol. The lowest BCUT2D eigenvalue weighted by Crippen LogP contribution is -2.49. The maximum Gasteiger partial charge on any atom is 0.317 e. The summed E-state index contributed by atoms with van der Waals surface area (Å²) >= 11 is 0. The van der Waals surface area contributed by atoms with Crippen LogP contribution in [-0.4, -0.2) is 89.8 Å². The van der Waals surface area contributed by atoms with Gasteiger partial charge in [-0.15, -0.1) is 0 Å². The van der Waals surface area contributed by atoms with E-state index in [1.807, 2.05) is 53.2 Å². The quantitative estimate of drug-likeness (QED) is 0.503. The van der Waals surface area contributed by atoms with Gasteiger partial charge in [-0.1, -0.05) is 29.4 Å². The first-order valence-corrected chi connectivity index (χ1v) is 10.7. The van der Waals surface area contributed by atoms with Gasteiger partial charge < -0.3 is 14.8 Å². The average Bonchev–Trinajstić information content (AvgIpc) is 3.28. The van der Waals surface area contributed by atoms with Crippen LogP contribution in [0.2, 0.25) is 0 Å². The second-order valence-electron chi connectivity index (χ2n) is 8.13. The van der Waals surface area contributed by atoms with E-state index < -0.39 is 5.97 Å². The molecular formula is C23H28N6O3. The van der Waals surface area contributed by atoms with Crippen LogP contribution in [0.3, 0.4) is 0 Å². The fourth-order valence-corrected chi connectivity index (χ4v) is 4.02. The fraction of sp³-hybridized carbons (Fsp3) is 0.391. The number of hydrogen-bond donors (Lipinski definition) is 2. The molecule has 1 aromatic carbocycles. The van der Waals surface area contributed by atoms with Crippen LogP contribution in [0.15, 0.2) is 53.9 Å². The SMILES string of the molecule is CN(C(=N)c1ccc(C2=NOC(CN3CCN(CC(=O)O)CC3)C2)cc1)c1ccncc1. The number of carboxylic acids is 1. The van der Waals surface area contributed by atoms with Crippen LogP contribution >= 0.6 is 0 Å². The normalized spacial score (nSPS) is 19.3. The highest BCUT2D eigenvalue weighted by Gasteiger charge is 2.27. The van der Waals surface area contributed by atoms with Crippen LogP contribution in [0, 0.1) is 5.41 Å². The Hall–Kier alpha value is -3.30. The van der Waals surface area contributed by atoms with Crippen molar-refractivity contribution >= 4 is 23.2 Å². The summed E-state index contributed by atoms with van der Waals surface area (Å²) < 4.78 is 0. The van der Waals surface area contributed by atoms with Gasteiger partial charge in [0.05, 0.1) is 12.3 Å². The van der Waals surface area contributed by atoms with E-state index in [0.29, 0.717) is 5.84 Å². The number of oxime groups is 1. The Kier molecular flexibility index (Phi) is 6.77. The van der Waals surface area contributed by atoms with Crippen molar-refractivity contribution in [2.45, 2.75) is 12.5 Å². The summed E-state index contributed by atoms with van der Waals surface area (Å²) in [5, 5.41) is 21.7. The van der Waals surface area contributed by atoms with Crippen LogP contribution < -0.4 is 4.90 Å². The largest absolute Gasteiger partial charge is 0.480 e. The van der Waals surface area contributed by atoms with Gasteiger partial charge in [0.15, 0.2) is 0 Å². The molecule has 0 radical (unpaired) electrons. The molecular weight excluding hydrogens is 408 g/mol. The predicted octanol–water partition coefficient (Wildman–Crippen LogP) is 1.74. The highest BCUT2D eigenvalue weighted by molar-refractivity contribution is 6.08. The van der Waals surface area contributed by atoms with Gasteiger partial charge in [-0.3, -0.25) is 25.0 Å². The molecule has 1 atom stereocenters. The van der Waals surface area contributed by atoms with Crippen molar-refractivity contribution in [1.82, 2.24) is 14.8 Å². The number of aliphatic carboxylic acids is 1. The molecule has 168 valence electrons. The molecule has 2 aromatic rings. The molecule has 0 aliphatic carbocycles. The first kappa shape index (κ1) is 21.9. The highest BCUT2D eigenvalue weighted by atomic mass is 16.6. The standard InChI is InChI=1S/C23H28N6O3/c1-27(19-6-8-25-9-7-19)23(24)18-4-2-17(3-5-18)21-14-20(32-26-21)15-28-10-12-29(13-11-28)16-22(30)31/h2-9,20,24H,10-16H2,1H3,(H,30,31). The third-order valence-electron chi connectivity index (χ3n) is 5.90. The Bertz CT molecular complexity index is 971. The number of rotatable bonds is 7. The molecule has 0 spiro atoms. The number of aromatic nitrogens is 1. The second kappa shape index (κ2) is 9.88. The molecule has 9 nitrogen and oxygen atoms in total. The zero-order chi connectivity index (χ0) is 22.5. The maximum absolute atomic E-state index is 10.8. The summed E-state index contributed by atoms with van der Waals surface area (Å²) in [6.07, 6.45) is 4.18. The number of nitrogens with one attached hydrogen (secondary N) is 1. The number of hydrogen-bond acceptors (Lipinski definition) is 7. The van der Waals surface area contributed by atoms with Gasteiger partial charge in [-0.25, -0.2) is 0 Å². The van der Waals surface area contributed by atoms with E-state index in [2.05, 4.69) is 15.0 Å². The lowest BCUT2D eigenvalue weighted by molar-refractivity contribution is -0.138.